The van der Waals surface area contributed by atoms with Crippen molar-refractivity contribution in [3.8, 4) is 0 Å². The summed E-state index contributed by atoms with van der Waals surface area (Å²) in [6.07, 6.45) is 6.64. The van der Waals surface area contributed by atoms with Crippen LogP contribution in [0.1, 0.15) is 48.8 Å². The van der Waals surface area contributed by atoms with Gasteiger partial charge in [-0.2, -0.15) is 5.10 Å². The average molecular weight is 504 g/mol. The van der Waals surface area contributed by atoms with Gasteiger partial charge in [-0.15, -0.1) is 0 Å². The number of imidazole rings is 1. The second kappa shape index (κ2) is 8.60. The van der Waals surface area contributed by atoms with Gasteiger partial charge >= 0.3 is 0 Å². The van der Waals surface area contributed by atoms with Crippen molar-refractivity contribution in [3.63, 3.8) is 0 Å². The van der Waals surface area contributed by atoms with E-state index in [-0.39, 0.29) is 11.8 Å². The van der Waals surface area contributed by atoms with E-state index in [1.165, 1.54) is 4.90 Å². The van der Waals surface area contributed by atoms with Crippen LogP contribution in [-0.4, -0.2) is 76.7 Å². The number of aryl methyl sites for hydroxylation is 3. The molecule has 0 aliphatic heterocycles. The van der Waals surface area contributed by atoms with Crippen LogP contribution in [0.15, 0.2) is 18.5 Å². The van der Waals surface area contributed by atoms with E-state index in [0.717, 1.165) is 47.9 Å². The van der Waals surface area contributed by atoms with Crippen molar-refractivity contribution >= 4 is 45.5 Å². The zero-order valence-corrected chi connectivity index (χ0v) is 22.0. The topological polar surface area (TPSA) is 106 Å². The normalized spacial score (nSPS) is 15.5. The Labute approximate surface area is 215 Å². The van der Waals surface area contributed by atoms with Crippen molar-refractivity contribution in [2.24, 2.45) is 14.1 Å². The summed E-state index contributed by atoms with van der Waals surface area (Å²) in [7, 11) is 7.13. The molecule has 0 aromatic carbocycles. The standard InChI is InChI=1S/C26H33N9O2/c1-6-34-17(12-21(36)35(15-7-8-15)16-9-10-16)11-18-23-22(27-14-32(23)4)24(29-25(18)34)28-20-13-19(33(5)30-20)26(37)31(2)3/h11,13-16H,6-10,12H2,1-5H3,(H,28,29,30). The molecule has 0 unspecified atom stereocenters. The van der Waals surface area contributed by atoms with Gasteiger partial charge in [-0.3, -0.25) is 14.3 Å². The summed E-state index contributed by atoms with van der Waals surface area (Å²) in [6, 6.07) is 4.68. The van der Waals surface area contributed by atoms with Crippen molar-refractivity contribution in [3.05, 3.63) is 29.8 Å². The molecular weight excluding hydrogens is 470 g/mol. The zero-order valence-electron chi connectivity index (χ0n) is 22.0. The minimum absolute atomic E-state index is 0.130. The van der Waals surface area contributed by atoms with Crippen LogP contribution in [-0.2, 0) is 31.9 Å². The second-order valence-corrected chi connectivity index (χ2v) is 10.4. The number of nitrogens with one attached hydrogen (secondary N) is 1. The lowest BCUT2D eigenvalue weighted by Gasteiger charge is -2.22. The van der Waals surface area contributed by atoms with Crippen LogP contribution >= 0.6 is 0 Å². The number of amides is 2. The molecule has 2 aliphatic carbocycles. The molecule has 2 amide bonds. The van der Waals surface area contributed by atoms with Gasteiger partial charge in [-0.05, 0) is 38.7 Å². The minimum Gasteiger partial charge on any atom is -0.343 e. The molecule has 11 nitrogen and oxygen atoms in total. The molecule has 0 spiro atoms. The van der Waals surface area contributed by atoms with Crippen LogP contribution in [0.25, 0.3) is 22.1 Å². The van der Waals surface area contributed by atoms with Crippen molar-refractivity contribution in [1.29, 1.82) is 0 Å². The van der Waals surface area contributed by atoms with Gasteiger partial charge in [0.1, 0.15) is 16.9 Å². The molecule has 6 rings (SSSR count). The highest BCUT2D eigenvalue weighted by molar-refractivity contribution is 6.07. The first kappa shape index (κ1) is 23.5. The van der Waals surface area contributed by atoms with Gasteiger partial charge in [0.05, 0.1) is 18.3 Å². The molecule has 0 atom stereocenters. The molecule has 4 aromatic rings. The lowest BCUT2D eigenvalue weighted by atomic mass is 10.2. The number of aromatic nitrogens is 6. The van der Waals surface area contributed by atoms with Crippen LogP contribution in [0.3, 0.4) is 0 Å². The van der Waals surface area contributed by atoms with E-state index >= 15 is 0 Å². The number of pyridine rings is 1. The maximum absolute atomic E-state index is 13.4. The number of rotatable bonds is 8. The third-order valence-corrected chi connectivity index (χ3v) is 7.36. The van der Waals surface area contributed by atoms with Gasteiger partial charge in [-0.1, -0.05) is 0 Å². The molecule has 0 radical (unpaired) electrons. The quantitative estimate of drug-likeness (QED) is 0.396. The van der Waals surface area contributed by atoms with E-state index in [0.29, 0.717) is 47.9 Å². The van der Waals surface area contributed by atoms with E-state index in [1.54, 1.807) is 38.2 Å². The summed E-state index contributed by atoms with van der Waals surface area (Å²) >= 11 is 0. The molecule has 11 heteroatoms. The highest BCUT2D eigenvalue weighted by Gasteiger charge is 2.42. The molecule has 4 aromatic heterocycles. The van der Waals surface area contributed by atoms with E-state index in [4.69, 9.17) is 4.98 Å². The molecule has 37 heavy (non-hydrogen) atoms. The van der Waals surface area contributed by atoms with Crippen LogP contribution < -0.4 is 5.32 Å². The predicted octanol–water partition coefficient (Wildman–Crippen LogP) is 2.82. The number of carbonyl (C=O) groups is 2. The Morgan fingerprint density at radius 2 is 1.81 bits per heavy atom. The fourth-order valence-electron chi connectivity index (χ4n) is 5.29. The molecular formula is C26H33N9O2. The Morgan fingerprint density at radius 3 is 2.43 bits per heavy atom. The molecule has 1 N–H and O–H groups in total. The van der Waals surface area contributed by atoms with Gasteiger partial charge in [0.2, 0.25) is 5.91 Å². The fraction of sp³-hybridized carbons (Fsp3) is 0.500. The minimum atomic E-state index is -0.130. The number of nitrogens with zero attached hydrogens (tertiary/aromatic N) is 8. The molecule has 2 saturated carbocycles. The van der Waals surface area contributed by atoms with E-state index in [9.17, 15) is 9.59 Å². The Kier molecular flexibility index (Phi) is 5.46. The molecule has 0 saturated heterocycles. The Balaban J connectivity index is 1.40. The predicted molar refractivity (Wildman–Crippen MR) is 141 cm³/mol. The average Bonchev–Trinajstić information content (AvgIpc) is 3.77. The first-order valence-corrected chi connectivity index (χ1v) is 12.9. The lowest BCUT2D eigenvalue weighted by molar-refractivity contribution is -0.131. The summed E-state index contributed by atoms with van der Waals surface area (Å²) < 4.78 is 5.67. The summed E-state index contributed by atoms with van der Waals surface area (Å²) in [5.74, 6) is 1.16. The van der Waals surface area contributed by atoms with Gasteiger partial charge in [0, 0.05) is 64.0 Å². The Hall–Kier alpha value is -3.89. The SMILES string of the molecule is CCn1c(CC(=O)N(C2CC2)C2CC2)cc2c3c(ncn3C)c(Nc3cc(C(=O)N(C)C)n(C)n3)nc21. The maximum Gasteiger partial charge on any atom is 0.271 e. The molecule has 2 fully saturated rings. The number of hydrogen-bond donors (Lipinski definition) is 1. The van der Waals surface area contributed by atoms with Crippen molar-refractivity contribution < 1.29 is 9.59 Å². The summed E-state index contributed by atoms with van der Waals surface area (Å²) in [4.78, 5) is 39.1. The van der Waals surface area contributed by atoms with Gasteiger partial charge in [0.25, 0.3) is 5.91 Å². The van der Waals surface area contributed by atoms with Gasteiger partial charge in [0.15, 0.2) is 11.6 Å². The van der Waals surface area contributed by atoms with E-state index in [1.807, 2.05) is 11.6 Å². The largest absolute Gasteiger partial charge is 0.343 e. The smallest absolute Gasteiger partial charge is 0.271 e. The monoisotopic (exact) mass is 503 g/mol. The van der Waals surface area contributed by atoms with Crippen LogP contribution in [0.5, 0.6) is 0 Å². The van der Waals surface area contributed by atoms with Crippen LogP contribution in [0, 0.1) is 0 Å². The third kappa shape index (κ3) is 4.02. The highest BCUT2D eigenvalue weighted by atomic mass is 16.2. The van der Waals surface area contributed by atoms with Crippen molar-refractivity contribution in [1.82, 2.24) is 38.7 Å². The van der Waals surface area contributed by atoms with Gasteiger partial charge < -0.3 is 24.3 Å². The first-order valence-electron chi connectivity index (χ1n) is 12.9. The molecule has 0 bridgehead atoms. The van der Waals surface area contributed by atoms with Crippen LogP contribution in [0.4, 0.5) is 11.6 Å². The molecule has 2 aliphatic rings. The summed E-state index contributed by atoms with van der Waals surface area (Å²) in [5, 5.41) is 8.75. The van der Waals surface area contributed by atoms with Crippen molar-refractivity contribution in [2.75, 3.05) is 19.4 Å². The van der Waals surface area contributed by atoms with E-state index < -0.39 is 0 Å². The third-order valence-electron chi connectivity index (χ3n) is 7.36. The number of fused-ring (bicyclic) bond motifs is 3. The van der Waals surface area contributed by atoms with E-state index in [2.05, 4.69) is 37.9 Å². The zero-order chi connectivity index (χ0) is 26.0. The van der Waals surface area contributed by atoms with Crippen molar-refractivity contribution in [2.45, 2.75) is 57.7 Å². The maximum atomic E-state index is 13.4. The number of anilines is 2. The Morgan fingerprint density at radius 1 is 1.11 bits per heavy atom. The summed E-state index contributed by atoms with van der Waals surface area (Å²) in [5.41, 5.74) is 3.89. The first-order chi connectivity index (χ1) is 17.8. The molecule has 4 heterocycles. The van der Waals surface area contributed by atoms with Gasteiger partial charge in [-0.25, -0.2) is 9.97 Å². The highest BCUT2D eigenvalue weighted by Crippen LogP contribution is 2.38. The molecule has 194 valence electrons. The number of carbonyl (C=O) groups excluding carboxylic acids is 2. The fourth-order valence-corrected chi connectivity index (χ4v) is 5.29. The lowest BCUT2D eigenvalue weighted by Crippen LogP contribution is -2.36. The number of hydrogen-bond acceptors (Lipinski definition) is 6. The van der Waals surface area contributed by atoms with Crippen LogP contribution in [0.2, 0.25) is 0 Å². The summed E-state index contributed by atoms with van der Waals surface area (Å²) in [6.45, 7) is 2.77. The second-order valence-electron chi connectivity index (χ2n) is 10.4. The Bertz CT molecular complexity index is 1520.